The highest BCUT2D eigenvalue weighted by Gasteiger charge is 2.32. The van der Waals surface area contributed by atoms with Crippen molar-refractivity contribution < 1.29 is 4.79 Å². The smallest absolute Gasteiger partial charge is 0.321 e. The monoisotopic (exact) mass is 401 g/mol. The molecule has 1 aromatic heterocycles. The molecular weight excluding hydrogens is 362 g/mol. The van der Waals surface area contributed by atoms with Gasteiger partial charge in [-0.15, -0.1) is 0 Å². The molecule has 6 nitrogen and oxygen atoms in total. The van der Waals surface area contributed by atoms with Crippen LogP contribution in [0.4, 0.5) is 10.5 Å². The van der Waals surface area contributed by atoms with E-state index in [9.17, 15) is 4.79 Å². The molecular formula is C23H39N5O. The van der Waals surface area contributed by atoms with E-state index in [0.717, 1.165) is 44.2 Å². The second-order valence-corrected chi connectivity index (χ2v) is 10.2. The molecule has 3 fully saturated rings. The van der Waals surface area contributed by atoms with Gasteiger partial charge < -0.3 is 15.1 Å². The highest BCUT2D eigenvalue weighted by Crippen LogP contribution is 2.43. The SMILES string of the molecule is CC(C)Cn1ncc(NC(=O)N2CCCC(CN3CCC(C)CC3)C2)c1C1CC1. The third-order valence-electron chi connectivity index (χ3n) is 6.82. The van der Waals surface area contributed by atoms with Gasteiger partial charge in [-0.3, -0.25) is 4.68 Å². The maximum Gasteiger partial charge on any atom is 0.321 e. The molecule has 6 heteroatoms. The first-order valence-corrected chi connectivity index (χ1v) is 11.8. The second kappa shape index (κ2) is 9.07. The Balaban J connectivity index is 1.34. The fraction of sp³-hybridized carbons (Fsp3) is 0.826. The van der Waals surface area contributed by atoms with E-state index < -0.39 is 0 Å². The molecule has 4 rings (SSSR count). The molecule has 1 aliphatic carbocycles. The molecule has 2 aliphatic heterocycles. The summed E-state index contributed by atoms with van der Waals surface area (Å²) in [5.74, 6) is 2.60. The van der Waals surface area contributed by atoms with Gasteiger partial charge in [0.15, 0.2) is 0 Å². The molecule has 2 saturated heterocycles. The Morgan fingerprint density at radius 2 is 1.93 bits per heavy atom. The molecule has 29 heavy (non-hydrogen) atoms. The number of carbonyl (C=O) groups excluding carboxylic acids is 1. The van der Waals surface area contributed by atoms with Crippen molar-refractivity contribution in [3.63, 3.8) is 0 Å². The summed E-state index contributed by atoms with van der Waals surface area (Å²) < 4.78 is 2.12. The molecule has 0 radical (unpaired) electrons. The van der Waals surface area contributed by atoms with Crippen LogP contribution in [0, 0.1) is 17.8 Å². The Labute approximate surface area is 176 Å². The maximum atomic E-state index is 13.0. The number of anilines is 1. The molecule has 1 saturated carbocycles. The molecule has 2 amide bonds. The van der Waals surface area contributed by atoms with Crippen LogP contribution < -0.4 is 5.32 Å². The van der Waals surface area contributed by atoms with Crippen LogP contribution >= 0.6 is 0 Å². The number of nitrogens with one attached hydrogen (secondary N) is 1. The molecule has 1 N–H and O–H groups in total. The molecule has 3 aliphatic rings. The summed E-state index contributed by atoms with van der Waals surface area (Å²) in [5.41, 5.74) is 2.17. The average Bonchev–Trinajstić information content (AvgIpc) is 3.46. The summed E-state index contributed by atoms with van der Waals surface area (Å²) in [5, 5.41) is 7.81. The van der Waals surface area contributed by atoms with Gasteiger partial charge in [0.25, 0.3) is 0 Å². The van der Waals surface area contributed by atoms with Crippen molar-refractivity contribution >= 4 is 11.7 Å². The van der Waals surface area contributed by atoms with Crippen LogP contribution in [0.2, 0.25) is 0 Å². The Morgan fingerprint density at radius 3 is 2.62 bits per heavy atom. The first-order chi connectivity index (χ1) is 14.0. The van der Waals surface area contributed by atoms with Crippen LogP contribution in [-0.4, -0.2) is 58.3 Å². The first kappa shape index (κ1) is 20.7. The van der Waals surface area contributed by atoms with E-state index in [-0.39, 0.29) is 6.03 Å². The van der Waals surface area contributed by atoms with Gasteiger partial charge in [-0.25, -0.2) is 4.79 Å². The van der Waals surface area contributed by atoms with E-state index in [1.807, 2.05) is 11.1 Å². The zero-order chi connectivity index (χ0) is 20.4. The molecule has 1 atom stereocenters. The van der Waals surface area contributed by atoms with E-state index >= 15 is 0 Å². The minimum Gasteiger partial charge on any atom is -0.324 e. The van der Waals surface area contributed by atoms with Gasteiger partial charge >= 0.3 is 6.03 Å². The lowest BCUT2D eigenvalue weighted by Crippen LogP contribution is -2.46. The van der Waals surface area contributed by atoms with Crippen LogP contribution in [-0.2, 0) is 6.54 Å². The van der Waals surface area contributed by atoms with Gasteiger partial charge in [0.2, 0.25) is 0 Å². The van der Waals surface area contributed by atoms with Crippen LogP contribution in [0.3, 0.4) is 0 Å². The number of nitrogens with zero attached hydrogens (tertiary/aromatic N) is 4. The quantitative estimate of drug-likeness (QED) is 0.769. The van der Waals surface area contributed by atoms with Gasteiger partial charge in [0.1, 0.15) is 0 Å². The predicted octanol–water partition coefficient (Wildman–Crippen LogP) is 4.39. The Kier molecular flexibility index (Phi) is 6.47. The largest absolute Gasteiger partial charge is 0.324 e. The summed E-state index contributed by atoms with van der Waals surface area (Å²) in [4.78, 5) is 17.7. The minimum atomic E-state index is 0.0629. The number of amides is 2. The number of hydrogen-bond donors (Lipinski definition) is 1. The highest BCUT2D eigenvalue weighted by atomic mass is 16.2. The van der Waals surface area contributed by atoms with E-state index in [2.05, 4.69) is 40.8 Å². The number of piperidine rings is 2. The zero-order valence-corrected chi connectivity index (χ0v) is 18.6. The third-order valence-corrected chi connectivity index (χ3v) is 6.82. The molecule has 1 unspecified atom stereocenters. The standard InChI is InChI=1S/C23H39N5O/c1-17(2)14-28-22(20-6-7-20)21(13-24-28)25-23(29)27-10-4-5-19(16-27)15-26-11-8-18(3)9-12-26/h13,17-20H,4-12,14-16H2,1-3H3,(H,25,29). The topological polar surface area (TPSA) is 53.4 Å². The van der Waals surface area contributed by atoms with Crippen molar-refractivity contribution in [3.8, 4) is 0 Å². The lowest BCUT2D eigenvalue weighted by atomic mass is 9.94. The van der Waals surface area contributed by atoms with E-state index in [1.54, 1.807) is 0 Å². The number of rotatable bonds is 6. The minimum absolute atomic E-state index is 0.0629. The molecule has 0 spiro atoms. The van der Waals surface area contributed by atoms with Crippen molar-refractivity contribution in [1.29, 1.82) is 0 Å². The van der Waals surface area contributed by atoms with Gasteiger partial charge in [0.05, 0.1) is 17.6 Å². The molecule has 162 valence electrons. The van der Waals surface area contributed by atoms with E-state index in [1.165, 1.54) is 50.9 Å². The molecule has 3 heterocycles. The van der Waals surface area contributed by atoms with Crippen molar-refractivity contribution in [1.82, 2.24) is 19.6 Å². The summed E-state index contributed by atoms with van der Waals surface area (Å²) in [6.45, 7) is 13.1. The summed E-state index contributed by atoms with van der Waals surface area (Å²) >= 11 is 0. The van der Waals surface area contributed by atoms with E-state index in [0.29, 0.717) is 17.8 Å². The van der Waals surface area contributed by atoms with Gasteiger partial charge in [-0.1, -0.05) is 20.8 Å². The normalized spacial score (nSPS) is 24.3. The van der Waals surface area contributed by atoms with Crippen LogP contribution in [0.25, 0.3) is 0 Å². The summed E-state index contributed by atoms with van der Waals surface area (Å²) in [7, 11) is 0. The van der Waals surface area contributed by atoms with Gasteiger partial charge in [-0.2, -0.15) is 5.10 Å². The summed E-state index contributed by atoms with van der Waals surface area (Å²) in [6.07, 6.45) is 9.30. The Morgan fingerprint density at radius 1 is 1.17 bits per heavy atom. The van der Waals surface area contributed by atoms with Gasteiger partial charge in [0, 0.05) is 32.1 Å². The molecule has 0 bridgehead atoms. The lowest BCUT2D eigenvalue weighted by Gasteiger charge is -2.37. The van der Waals surface area contributed by atoms with Crippen molar-refractivity contribution in [2.24, 2.45) is 17.8 Å². The zero-order valence-electron chi connectivity index (χ0n) is 18.6. The van der Waals surface area contributed by atoms with Gasteiger partial charge in [-0.05, 0) is 69.4 Å². The fourth-order valence-electron chi connectivity index (χ4n) is 4.97. The third kappa shape index (κ3) is 5.33. The first-order valence-electron chi connectivity index (χ1n) is 11.8. The summed E-state index contributed by atoms with van der Waals surface area (Å²) in [6, 6.07) is 0.0629. The number of hydrogen-bond acceptors (Lipinski definition) is 3. The van der Waals surface area contributed by atoms with E-state index in [4.69, 9.17) is 0 Å². The molecule has 0 aromatic carbocycles. The lowest BCUT2D eigenvalue weighted by molar-refractivity contribution is 0.124. The van der Waals surface area contributed by atoms with Crippen LogP contribution in [0.5, 0.6) is 0 Å². The van der Waals surface area contributed by atoms with Crippen LogP contribution in [0.1, 0.15) is 70.9 Å². The Bertz CT molecular complexity index is 687. The number of carbonyl (C=O) groups is 1. The number of aromatic nitrogens is 2. The Hall–Kier alpha value is -1.56. The highest BCUT2D eigenvalue weighted by molar-refractivity contribution is 5.90. The predicted molar refractivity (Wildman–Crippen MR) is 117 cm³/mol. The average molecular weight is 402 g/mol. The molecule has 1 aromatic rings. The van der Waals surface area contributed by atoms with Crippen molar-refractivity contribution in [3.05, 3.63) is 11.9 Å². The van der Waals surface area contributed by atoms with Crippen molar-refractivity contribution in [2.75, 3.05) is 38.0 Å². The second-order valence-electron chi connectivity index (χ2n) is 10.2. The number of urea groups is 1. The maximum absolute atomic E-state index is 13.0. The van der Waals surface area contributed by atoms with Crippen LogP contribution in [0.15, 0.2) is 6.20 Å². The fourth-order valence-corrected chi connectivity index (χ4v) is 4.97. The number of likely N-dealkylation sites (tertiary alicyclic amines) is 2. The van der Waals surface area contributed by atoms with Crippen molar-refractivity contribution in [2.45, 2.75) is 71.8 Å².